The zero-order valence-corrected chi connectivity index (χ0v) is 17.7. The molecule has 2 saturated heterocycles. The highest BCUT2D eigenvalue weighted by atomic mass is 35.5. The van der Waals surface area contributed by atoms with Gasteiger partial charge in [0.2, 0.25) is 17.7 Å². The van der Waals surface area contributed by atoms with E-state index in [1.54, 1.807) is 23.9 Å². The molecule has 0 aromatic heterocycles. The first-order valence-electron chi connectivity index (χ1n) is 9.62. The molecule has 0 unspecified atom stereocenters. The molecule has 3 amide bonds. The van der Waals surface area contributed by atoms with Gasteiger partial charge in [0.05, 0.1) is 22.5 Å². The molecule has 28 heavy (non-hydrogen) atoms. The third kappa shape index (κ3) is 2.49. The molecule has 5 atom stereocenters. The number of likely N-dealkylation sites (tertiary alicyclic amines) is 1. The fraction of sp³-hybridized carbons (Fsp3) is 0.550. The normalized spacial score (nSPS) is 32.1. The number of fused-ring (bicyclic) bond motifs is 4. The molecule has 4 rings (SSSR count). The van der Waals surface area contributed by atoms with Gasteiger partial charge in [0.1, 0.15) is 5.54 Å². The fourth-order valence-corrected chi connectivity index (χ4v) is 5.64. The van der Waals surface area contributed by atoms with Crippen LogP contribution in [0.2, 0.25) is 5.02 Å². The monoisotopic (exact) mass is 421 g/mol. The van der Waals surface area contributed by atoms with Crippen LogP contribution in [0.1, 0.15) is 32.3 Å². The van der Waals surface area contributed by atoms with Gasteiger partial charge in [-0.2, -0.15) is 11.8 Å². The van der Waals surface area contributed by atoms with Gasteiger partial charge in [-0.05, 0) is 37.8 Å². The van der Waals surface area contributed by atoms with Gasteiger partial charge in [-0.25, -0.2) is 0 Å². The van der Waals surface area contributed by atoms with Crippen molar-refractivity contribution in [3.8, 4) is 0 Å². The maximum absolute atomic E-state index is 13.5. The van der Waals surface area contributed by atoms with E-state index in [1.165, 1.54) is 4.90 Å². The highest BCUT2D eigenvalue weighted by molar-refractivity contribution is 7.98. The van der Waals surface area contributed by atoms with Crippen molar-refractivity contribution in [3.63, 3.8) is 0 Å². The smallest absolute Gasteiger partial charge is 0.250 e. The molecule has 1 aromatic carbocycles. The van der Waals surface area contributed by atoms with Crippen LogP contribution in [0, 0.1) is 11.8 Å². The summed E-state index contributed by atoms with van der Waals surface area (Å²) in [6.45, 7) is 3.84. The summed E-state index contributed by atoms with van der Waals surface area (Å²) in [5.74, 6) is -1.17. The summed E-state index contributed by atoms with van der Waals surface area (Å²) in [6, 6.07) is 4.89. The summed E-state index contributed by atoms with van der Waals surface area (Å²) >= 11 is 8.00. The van der Waals surface area contributed by atoms with Gasteiger partial charge in [-0.15, -0.1) is 0 Å². The predicted octanol–water partition coefficient (Wildman–Crippen LogP) is 2.61. The number of anilines is 1. The Morgan fingerprint density at radius 2 is 2.04 bits per heavy atom. The Balaban J connectivity index is 1.86. The molecule has 150 valence electrons. The second-order valence-electron chi connectivity index (χ2n) is 7.76. The number of amides is 3. The number of carbonyl (C=O) groups excluding carboxylic acids is 3. The molecule has 8 heteroatoms. The number of imide groups is 1. The number of hydrogen-bond acceptors (Lipinski definition) is 5. The van der Waals surface area contributed by atoms with Crippen LogP contribution in [0.3, 0.4) is 0 Å². The van der Waals surface area contributed by atoms with Crippen LogP contribution < -0.4 is 10.6 Å². The number of para-hydroxylation sites is 1. The van der Waals surface area contributed by atoms with E-state index in [1.807, 2.05) is 26.2 Å². The molecule has 0 saturated carbocycles. The summed E-state index contributed by atoms with van der Waals surface area (Å²) in [7, 11) is 0. The summed E-state index contributed by atoms with van der Waals surface area (Å²) in [6.07, 6.45) is 3.40. The van der Waals surface area contributed by atoms with E-state index >= 15 is 0 Å². The lowest BCUT2D eigenvalue weighted by Crippen LogP contribution is -2.54. The summed E-state index contributed by atoms with van der Waals surface area (Å²) in [5.41, 5.74) is -0.0462. The van der Waals surface area contributed by atoms with Gasteiger partial charge in [0.15, 0.2) is 0 Å². The number of halogens is 1. The van der Waals surface area contributed by atoms with Crippen LogP contribution in [0.15, 0.2) is 18.2 Å². The number of nitrogens with one attached hydrogen (secondary N) is 2. The van der Waals surface area contributed by atoms with Crippen molar-refractivity contribution < 1.29 is 14.4 Å². The Hall–Kier alpha value is -1.57. The largest absolute Gasteiger partial charge is 0.323 e. The second kappa shape index (κ2) is 7.04. The van der Waals surface area contributed by atoms with Gasteiger partial charge < -0.3 is 5.32 Å². The SMILES string of the molecule is CC[C@@H](C)N1C(=O)[C@@H]2[C@H](CCSC)N[C@@]3(C(=O)Nc4c(Cl)cccc43)[C@@H]2C1=O. The predicted molar refractivity (Wildman–Crippen MR) is 110 cm³/mol. The van der Waals surface area contributed by atoms with E-state index in [-0.39, 0.29) is 29.8 Å². The Labute approximate surface area is 173 Å². The number of nitrogens with zero attached hydrogens (tertiary/aromatic N) is 1. The highest BCUT2D eigenvalue weighted by Gasteiger charge is 2.70. The lowest BCUT2D eigenvalue weighted by atomic mass is 9.76. The number of benzene rings is 1. The van der Waals surface area contributed by atoms with E-state index in [2.05, 4.69) is 10.6 Å². The highest BCUT2D eigenvalue weighted by Crippen LogP contribution is 2.54. The number of rotatable bonds is 5. The maximum Gasteiger partial charge on any atom is 0.250 e. The lowest BCUT2D eigenvalue weighted by Gasteiger charge is -2.31. The maximum atomic E-state index is 13.5. The molecule has 6 nitrogen and oxygen atoms in total. The van der Waals surface area contributed by atoms with Gasteiger partial charge in [0.25, 0.3) is 0 Å². The van der Waals surface area contributed by atoms with Crippen molar-refractivity contribution in [1.29, 1.82) is 0 Å². The topological polar surface area (TPSA) is 78.5 Å². The van der Waals surface area contributed by atoms with Crippen LogP contribution in [0.5, 0.6) is 0 Å². The minimum Gasteiger partial charge on any atom is -0.323 e. The summed E-state index contributed by atoms with van der Waals surface area (Å²) in [5, 5.41) is 6.72. The molecule has 0 aliphatic carbocycles. The molecular weight excluding hydrogens is 398 g/mol. The van der Waals surface area contributed by atoms with Gasteiger partial charge >= 0.3 is 0 Å². The molecule has 2 N–H and O–H groups in total. The average Bonchev–Trinajstić information content (AvgIpc) is 3.26. The fourth-order valence-electron chi connectivity index (χ4n) is 4.93. The third-order valence-corrected chi connectivity index (χ3v) is 7.36. The molecule has 1 aromatic rings. The lowest BCUT2D eigenvalue weighted by molar-refractivity contribution is -0.145. The first-order valence-corrected chi connectivity index (χ1v) is 11.4. The zero-order chi connectivity index (χ0) is 20.2. The number of hydrogen-bond donors (Lipinski definition) is 2. The number of carbonyl (C=O) groups is 3. The molecule has 3 aliphatic rings. The minimum atomic E-state index is -1.25. The van der Waals surface area contributed by atoms with Gasteiger partial charge in [-0.3, -0.25) is 24.6 Å². The summed E-state index contributed by atoms with van der Waals surface area (Å²) < 4.78 is 0. The van der Waals surface area contributed by atoms with E-state index in [4.69, 9.17) is 11.6 Å². The van der Waals surface area contributed by atoms with Gasteiger partial charge in [-0.1, -0.05) is 30.7 Å². The van der Waals surface area contributed by atoms with Crippen molar-refractivity contribution in [2.75, 3.05) is 17.3 Å². The Kier molecular flexibility index (Phi) is 4.96. The second-order valence-corrected chi connectivity index (χ2v) is 9.16. The first kappa shape index (κ1) is 19.7. The van der Waals surface area contributed by atoms with Crippen LogP contribution in [-0.4, -0.2) is 46.7 Å². The molecule has 0 radical (unpaired) electrons. The van der Waals surface area contributed by atoms with E-state index < -0.39 is 17.4 Å². The van der Waals surface area contributed by atoms with Crippen molar-refractivity contribution in [3.05, 3.63) is 28.8 Å². The van der Waals surface area contributed by atoms with Crippen molar-refractivity contribution in [2.45, 2.75) is 44.3 Å². The van der Waals surface area contributed by atoms with Crippen LogP contribution in [0.25, 0.3) is 0 Å². The first-order chi connectivity index (χ1) is 13.4. The molecule has 2 fully saturated rings. The van der Waals surface area contributed by atoms with Gasteiger partial charge in [0, 0.05) is 17.6 Å². The molecule has 1 spiro atoms. The van der Waals surface area contributed by atoms with Crippen molar-refractivity contribution in [2.24, 2.45) is 11.8 Å². The average molecular weight is 422 g/mol. The Morgan fingerprint density at radius 3 is 2.71 bits per heavy atom. The van der Waals surface area contributed by atoms with E-state index in [0.29, 0.717) is 29.1 Å². The molecule has 0 bridgehead atoms. The Bertz CT molecular complexity index is 863. The van der Waals surface area contributed by atoms with Crippen LogP contribution in [-0.2, 0) is 19.9 Å². The molecule has 3 aliphatic heterocycles. The summed E-state index contributed by atoms with van der Waals surface area (Å²) in [4.78, 5) is 41.4. The van der Waals surface area contributed by atoms with E-state index in [0.717, 1.165) is 5.75 Å². The third-order valence-electron chi connectivity index (χ3n) is 6.40. The van der Waals surface area contributed by atoms with Crippen LogP contribution in [0.4, 0.5) is 5.69 Å². The minimum absolute atomic E-state index is 0.164. The standard InChI is InChI=1S/C20H24ClN3O3S/c1-4-10(2)24-17(25)14-13(8-9-28-3)23-20(15(14)18(24)26)11-6-5-7-12(21)16(11)22-19(20)27/h5-7,10,13-15,23H,4,8-9H2,1-3H3,(H,22,27)/t10-,13+,14-,15+,20-/m1/s1. The van der Waals surface area contributed by atoms with Crippen LogP contribution >= 0.6 is 23.4 Å². The van der Waals surface area contributed by atoms with Crippen molar-refractivity contribution in [1.82, 2.24) is 10.2 Å². The van der Waals surface area contributed by atoms with Crippen molar-refractivity contribution >= 4 is 46.8 Å². The quantitative estimate of drug-likeness (QED) is 0.714. The van der Waals surface area contributed by atoms with E-state index in [9.17, 15) is 14.4 Å². The zero-order valence-electron chi connectivity index (χ0n) is 16.1. The molecular formula is C20H24ClN3O3S. The Morgan fingerprint density at radius 1 is 1.29 bits per heavy atom. The number of thioether (sulfide) groups is 1. The molecule has 3 heterocycles.